The van der Waals surface area contributed by atoms with Gasteiger partial charge < -0.3 is 5.11 Å². The third kappa shape index (κ3) is 3.03. The summed E-state index contributed by atoms with van der Waals surface area (Å²) in [5, 5.41) is 15.8. The molecule has 3 aromatic rings. The molecule has 0 radical (unpaired) electrons. The minimum atomic E-state index is -0.474. The molecule has 1 heterocycles. The molecule has 0 unspecified atom stereocenters. The molecule has 0 amide bonds. The van der Waals surface area contributed by atoms with Crippen molar-refractivity contribution in [1.82, 2.24) is 9.78 Å². The molecule has 0 aliphatic heterocycles. The predicted molar refractivity (Wildman–Crippen MR) is 112 cm³/mol. The van der Waals surface area contributed by atoms with Crippen LogP contribution in [0.4, 0.5) is 4.39 Å². The van der Waals surface area contributed by atoms with Crippen LogP contribution >= 0.6 is 0 Å². The third-order valence-electron chi connectivity index (χ3n) is 6.86. The van der Waals surface area contributed by atoms with Crippen LogP contribution < -0.4 is 0 Å². The van der Waals surface area contributed by atoms with Crippen molar-refractivity contribution in [2.75, 3.05) is 0 Å². The molecule has 29 heavy (non-hydrogen) atoms. The quantitative estimate of drug-likeness (QED) is 0.644. The summed E-state index contributed by atoms with van der Waals surface area (Å²) in [7, 11) is 0. The molecular formula is C25H25FN2O. The van der Waals surface area contributed by atoms with E-state index in [0.29, 0.717) is 0 Å². The van der Waals surface area contributed by atoms with E-state index >= 15 is 0 Å². The highest BCUT2D eigenvalue weighted by atomic mass is 19.1. The highest BCUT2D eigenvalue weighted by molar-refractivity contribution is 5.61. The van der Waals surface area contributed by atoms with E-state index in [-0.39, 0.29) is 17.2 Å². The van der Waals surface area contributed by atoms with E-state index in [0.717, 1.165) is 42.6 Å². The van der Waals surface area contributed by atoms with Crippen LogP contribution in [0.3, 0.4) is 0 Å². The van der Waals surface area contributed by atoms with Crippen LogP contribution in [0.15, 0.2) is 66.4 Å². The van der Waals surface area contributed by atoms with Gasteiger partial charge in [0.1, 0.15) is 5.82 Å². The molecule has 5 rings (SSSR count). The van der Waals surface area contributed by atoms with Gasteiger partial charge in [-0.05, 0) is 78.5 Å². The summed E-state index contributed by atoms with van der Waals surface area (Å²) in [5.41, 5.74) is 5.43. The zero-order valence-electron chi connectivity index (χ0n) is 16.6. The van der Waals surface area contributed by atoms with Crippen LogP contribution in [0.25, 0.3) is 11.8 Å². The Morgan fingerprint density at radius 2 is 1.90 bits per heavy atom. The lowest BCUT2D eigenvalue weighted by atomic mass is 9.57. The minimum absolute atomic E-state index is 0.0861. The number of allylic oxidation sites excluding steroid dienone is 1. The second-order valence-electron chi connectivity index (χ2n) is 8.56. The maximum Gasteiger partial charge on any atom is 0.123 e. The predicted octanol–water partition coefficient (Wildman–Crippen LogP) is 5.49. The monoisotopic (exact) mass is 388 g/mol. The van der Waals surface area contributed by atoms with Gasteiger partial charge in [-0.25, -0.2) is 9.07 Å². The average molecular weight is 388 g/mol. The van der Waals surface area contributed by atoms with Crippen LogP contribution in [0, 0.1) is 17.2 Å². The topological polar surface area (TPSA) is 38.0 Å². The Bertz CT molecular complexity index is 1050. The summed E-state index contributed by atoms with van der Waals surface area (Å²) in [6.45, 7) is 2.30. The second kappa shape index (κ2) is 6.96. The van der Waals surface area contributed by atoms with Crippen LogP contribution in [0.5, 0.6) is 0 Å². The molecule has 2 aliphatic carbocycles. The SMILES string of the molecule is C[C@]12Cc3cnn(-c4ccc(F)cc4)c3C=C1CCC[C@@H]2[C@H](O)c1ccccc1. The van der Waals surface area contributed by atoms with E-state index < -0.39 is 6.10 Å². The average Bonchev–Trinajstić information content (AvgIpc) is 3.14. The summed E-state index contributed by atoms with van der Waals surface area (Å²) in [5.74, 6) is -0.0713. The minimum Gasteiger partial charge on any atom is -0.388 e. The van der Waals surface area contributed by atoms with E-state index in [4.69, 9.17) is 0 Å². The van der Waals surface area contributed by atoms with E-state index in [1.165, 1.54) is 23.3 Å². The van der Waals surface area contributed by atoms with Gasteiger partial charge in [-0.15, -0.1) is 0 Å². The van der Waals surface area contributed by atoms with Gasteiger partial charge in [-0.2, -0.15) is 5.10 Å². The number of benzene rings is 2. The molecule has 0 saturated heterocycles. The zero-order valence-corrected chi connectivity index (χ0v) is 16.6. The van der Waals surface area contributed by atoms with Gasteiger partial charge in [0.2, 0.25) is 0 Å². The number of nitrogens with zero attached hydrogens (tertiary/aromatic N) is 2. The number of fused-ring (bicyclic) bond motifs is 2. The number of aliphatic hydroxyl groups excluding tert-OH is 1. The molecule has 1 aromatic heterocycles. The van der Waals surface area contributed by atoms with Gasteiger partial charge in [-0.3, -0.25) is 0 Å². The summed E-state index contributed by atoms with van der Waals surface area (Å²) in [6, 6.07) is 16.5. The fraction of sp³-hybridized carbons (Fsp3) is 0.320. The van der Waals surface area contributed by atoms with Gasteiger partial charge in [0.05, 0.1) is 23.7 Å². The normalized spacial score (nSPS) is 24.4. The van der Waals surface area contributed by atoms with Gasteiger partial charge in [-0.1, -0.05) is 42.8 Å². The van der Waals surface area contributed by atoms with Crippen LogP contribution in [-0.2, 0) is 6.42 Å². The molecular weight excluding hydrogens is 363 g/mol. The van der Waals surface area contributed by atoms with Crippen molar-refractivity contribution >= 4 is 6.08 Å². The first-order valence-electron chi connectivity index (χ1n) is 10.3. The second-order valence-corrected chi connectivity index (χ2v) is 8.56. The highest BCUT2D eigenvalue weighted by Gasteiger charge is 2.46. The lowest BCUT2D eigenvalue weighted by Crippen LogP contribution is -2.40. The molecule has 3 nitrogen and oxygen atoms in total. The number of hydrogen-bond acceptors (Lipinski definition) is 2. The van der Waals surface area contributed by atoms with Gasteiger partial charge in [0.15, 0.2) is 0 Å². The Balaban J connectivity index is 1.53. The van der Waals surface area contributed by atoms with Gasteiger partial charge in [0, 0.05) is 0 Å². The Morgan fingerprint density at radius 1 is 1.14 bits per heavy atom. The molecule has 4 heteroatoms. The Labute approximate surface area is 170 Å². The Morgan fingerprint density at radius 3 is 2.66 bits per heavy atom. The zero-order chi connectivity index (χ0) is 20.0. The largest absolute Gasteiger partial charge is 0.388 e. The lowest BCUT2D eigenvalue weighted by Gasteiger charge is -2.47. The lowest BCUT2D eigenvalue weighted by molar-refractivity contribution is 0.0217. The third-order valence-corrected chi connectivity index (χ3v) is 6.86. The standard InChI is InChI=1S/C25H25FN2O/c1-25-15-18-16-27-28(21-12-10-20(26)11-13-21)23(18)14-19(25)8-5-9-22(25)24(29)17-6-3-2-4-7-17/h2-4,6-7,10-14,16,22,24,29H,5,8-9,15H2,1H3/t22-,24-,25+/m1/s1. The first-order chi connectivity index (χ1) is 14.1. The van der Waals surface area contributed by atoms with Crippen molar-refractivity contribution < 1.29 is 9.50 Å². The smallest absolute Gasteiger partial charge is 0.123 e. The molecule has 2 aliphatic rings. The fourth-order valence-electron chi connectivity index (χ4n) is 5.26. The van der Waals surface area contributed by atoms with Crippen molar-refractivity contribution in [2.45, 2.75) is 38.7 Å². The molecule has 1 saturated carbocycles. The maximum atomic E-state index is 13.3. The maximum absolute atomic E-state index is 13.3. The van der Waals surface area contributed by atoms with E-state index in [1.54, 1.807) is 12.1 Å². The van der Waals surface area contributed by atoms with Crippen molar-refractivity contribution in [1.29, 1.82) is 0 Å². The first-order valence-corrected chi connectivity index (χ1v) is 10.3. The Hall–Kier alpha value is -2.72. The molecule has 1 N–H and O–H groups in total. The van der Waals surface area contributed by atoms with Crippen LogP contribution in [-0.4, -0.2) is 14.9 Å². The number of rotatable bonds is 3. The number of halogens is 1. The number of aliphatic hydroxyl groups is 1. The van der Waals surface area contributed by atoms with Gasteiger partial charge in [0.25, 0.3) is 0 Å². The number of aromatic nitrogens is 2. The molecule has 0 bridgehead atoms. The summed E-state index contributed by atoms with van der Waals surface area (Å²) < 4.78 is 15.2. The fourth-order valence-corrected chi connectivity index (χ4v) is 5.26. The van der Waals surface area contributed by atoms with E-state index in [9.17, 15) is 9.50 Å². The van der Waals surface area contributed by atoms with Crippen molar-refractivity contribution in [2.24, 2.45) is 11.3 Å². The van der Waals surface area contributed by atoms with E-state index in [1.807, 2.05) is 41.2 Å². The van der Waals surface area contributed by atoms with Crippen LogP contribution in [0.2, 0.25) is 0 Å². The molecule has 2 aromatic carbocycles. The van der Waals surface area contributed by atoms with Crippen molar-refractivity contribution in [3.05, 3.63) is 89.0 Å². The first kappa shape index (κ1) is 18.3. The highest BCUT2D eigenvalue weighted by Crippen LogP contribution is 2.54. The van der Waals surface area contributed by atoms with E-state index in [2.05, 4.69) is 18.1 Å². The summed E-state index contributed by atoms with van der Waals surface area (Å²) in [4.78, 5) is 0. The van der Waals surface area contributed by atoms with Gasteiger partial charge >= 0.3 is 0 Å². The number of hydrogen-bond donors (Lipinski definition) is 1. The molecule has 148 valence electrons. The van der Waals surface area contributed by atoms with Crippen molar-refractivity contribution in [3.63, 3.8) is 0 Å². The Kier molecular flexibility index (Phi) is 4.39. The molecule has 1 fully saturated rings. The van der Waals surface area contributed by atoms with Crippen LogP contribution in [0.1, 0.15) is 49.1 Å². The molecule has 3 atom stereocenters. The molecule has 0 spiro atoms. The summed E-state index contributed by atoms with van der Waals surface area (Å²) in [6.07, 6.45) is 7.73. The summed E-state index contributed by atoms with van der Waals surface area (Å²) >= 11 is 0. The van der Waals surface area contributed by atoms with Crippen molar-refractivity contribution in [3.8, 4) is 5.69 Å².